The molecule has 18 heavy (non-hydrogen) atoms. The first kappa shape index (κ1) is 15.9. The van der Waals surface area contributed by atoms with Gasteiger partial charge in [-0.25, -0.2) is 0 Å². The van der Waals surface area contributed by atoms with E-state index in [1.54, 1.807) is 7.11 Å². The van der Waals surface area contributed by atoms with E-state index >= 15 is 0 Å². The molecule has 0 aliphatic carbocycles. The Labute approximate surface area is 113 Å². The van der Waals surface area contributed by atoms with Crippen LogP contribution in [0.5, 0.6) is 0 Å². The van der Waals surface area contributed by atoms with Crippen molar-refractivity contribution in [2.24, 2.45) is 5.41 Å². The molecule has 0 amide bonds. The molecule has 0 spiro atoms. The monoisotopic (exact) mass is 256 g/mol. The van der Waals surface area contributed by atoms with E-state index in [9.17, 15) is 0 Å². The second-order valence-corrected chi connectivity index (χ2v) is 5.72. The van der Waals surface area contributed by atoms with Crippen LogP contribution in [0, 0.1) is 5.41 Å². The van der Waals surface area contributed by atoms with Gasteiger partial charge in [-0.05, 0) is 37.9 Å². The fraction of sp³-hybridized carbons (Fsp3) is 1.00. The molecule has 1 aliphatic rings. The summed E-state index contributed by atoms with van der Waals surface area (Å²) in [6.07, 6.45) is 5.41. The van der Waals surface area contributed by atoms with Gasteiger partial charge in [0.05, 0.1) is 6.61 Å². The lowest BCUT2D eigenvalue weighted by Crippen LogP contribution is -2.48. The number of ether oxygens (including phenoxy) is 1. The van der Waals surface area contributed by atoms with E-state index in [2.05, 4.69) is 31.0 Å². The summed E-state index contributed by atoms with van der Waals surface area (Å²) in [5.74, 6) is 0. The van der Waals surface area contributed by atoms with Crippen LogP contribution in [0.4, 0.5) is 0 Å². The van der Waals surface area contributed by atoms with Gasteiger partial charge in [0, 0.05) is 19.7 Å². The molecule has 0 bridgehead atoms. The van der Waals surface area contributed by atoms with Crippen LogP contribution in [0.2, 0.25) is 0 Å². The van der Waals surface area contributed by atoms with Crippen molar-refractivity contribution in [2.45, 2.75) is 52.5 Å². The van der Waals surface area contributed by atoms with Gasteiger partial charge in [0.2, 0.25) is 0 Å². The molecule has 3 heteroatoms. The summed E-state index contributed by atoms with van der Waals surface area (Å²) in [4.78, 5) is 2.61. The van der Waals surface area contributed by atoms with Gasteiger partial charge in [0.15, 0.2) is 0 Å². The summed E-state index contributed by atoms with van der Waals surface area (Å²) in [7, 11) is 1.79. The first-order chi connectivity index (χ1) is 8.69. The molecule has 1 heterocycles. The van der Waals surface area contributed by atoms with E-state index in [-0.39, 0.29) is 0 Å². The lowest BCUT2D eigenvalue weighted by molar-refractivity contribution is 0.0747. The third-order valence-corrected chi connectivity index (χ3v) is 4.76. The van der Waals surface area contributed by atoms with Crippen molar-refractivity contribution in [3.05, 3.63) is 0 Å². The van der Waals surface area contributed by atoms with Gasteiger partial charge in [-0.3, -0.25) is 0 Å². The molecule has 1 fully saturated rings. The largest absolute Gasteiger partial charge is 0.383 e. The first-order valence-electron chi connectivity index (χ1n) is 7.64. The summed E-state index contributed by atoms with van der Waals surface area (Å²) in [6, 6.07) is 0.482. The van der Waals surface area contributed by atoms with Crippen LogP contribution in [0.3, 0.4) is 0 Å². The fourth-order valence-corrected chi connectivity index (χ4v) is 3.14. The predicted octanol–water partition coefficient (Wildman–Crippen LogP) is 2.51. The standard InChI is InChI=1S/C15H32N2O/c1-5-15(6-2)8-10-17(11-9-15)12-14(13-18-4)16-7-3/h14,16H,5-13H2,1-4H3. The van der Waals surface area contributed by atoms with E-state index in [0.717, 1.165) is 19.7 Å². The lowest BCUT2D eigenvalue weighted by Gasteiger charge is -2.42. The number of hydrogen-bond donors (Lipinski definition) is 1. The number of piperidine rings is 1. The van der Waals surface area contributed by atoms with E-state index in [1.165, 1.54) is 38.8 Å². The van der Waals surface area contributed by atoms with Crippen LogP contribution in [0.1, 0.15) is 46.5 Å². The number of likely N-dealkylation sites (N-methyl/N-ethyl adjacent to an activating group) is 1. The molecule has 0 aromatic heterocycles. The Balaban J connectivity index is 2.37. The number of hydrogen-bond acceptors (Lipinski definition) is 3. The first-order valence-corrected chi connectivity index (χ1v) is 7.64. The number of nitrogens with zero attached hydrogens (tertiary/aromatic N) is 1. The van der Waals surface area contributed by atoms with Gasteiger partial charge < -0.3 is 15.0 Å². The van der Waals surface area contributed by atoms with Crippen LogP contribution in [-0.2, 0) is 4.74 Å². The minimum atomic E-state index is 0.482. The molecule has 1 unspecified atom stereocenters. The second-order valence-electron chi connectivity index (χ2n) is 5.72. The average molecular weight is 256 g/mol. The number of rotatable bonds is 8. The topological polar surface area (TPSA) is 24.5 Å². The minimum absolute atomic E-state index is 0.482. The lowest BCUT2D eigenvalue weighted by atomic mass is 9.74. The predicted molar refractivity (Wildman–Crippen MR) is 78.0 cm³/mol. The quantitative estimate of drug-likeness (QED) is 0.722. The molecule has 108 valence electrons. The number of nitrogens with one attached hydrogen (secondary N) is 1. The maximum Gasteiger partial charge on any atom is 0.0628 e. The van der Waals surface area contributed by atoms with Crippen LogP contribution in [0.25, 0.3) is 0 Å². The molecule has 0 radical (unpaired) electrons. The van der Waals surface area contributed by atoms with Crippen molar-refractivity contribution < 1.29 is 4.74 Å². The third-order valence-electron chi connectivity index (χ3n) is 4.76. The summed E-state index contributed by atoms with van der Waals surface area (Å²) in [5.41, 5.74) is 0.630. The van der Waals surface area contributed by atoms with Crippen LogP contribution in [0.15, 0.2) is 0 Å². The van der Waals surface area contributed by atoms with Gasteiger partial charge in [-0.15, -0.1) is 0 Å². The third kappa shape index (κ3) is 4.52. The van der Waals surface area contributed by atoms with Crippen molar-refractivity contribution in [3.8, 4) is 0 Å². The summed E-state index contributed by atoms with van der Waals surface area (Å²) < 4.78 is 5.29. The Hall–Kier alpha value is -0.120. The zero-order chi connectivity index (χ0) is 13.4. The van der Waals surface area contributed by atoms with Gasteiger partial charge in [0.1, 0.15) is 0 Å². The van der Waals surface area contributed by atoms with Crippen molar-refractivity contribution in [1.82, 2.24) is 10.2 Å². The zero-order valence-electron chi connectivity index (χ0n) is 12.8. The molecule has 0 aromatic rings. The maximum atomic E-state index is 5.29. The Morgan fingerprint density at radius 1 is 1.17 bits per heavy atom. The van der Waals surface area contributed by atoms with Gasteiger partial charge in [-0.1, -0.05) is 33.6 Å². The summed E-state index contributed by atoms with van der Waals surface area (Å²) in [5, 5.41) is 3.51. The van der Waals surface area contributed by atoms with Gasteiger partial charge in [-0.2, -0.15) is 0 Å². The Bertz CT molecular complexity index is 201. The summed E-state index contributed by atoms with van der Waals surface area (Å²) >= 11 is 0. The fourth-order valence-electron chi connectivity index (χ4n) is 3.14. The Morgan fingerprint density at radius 2 is 1.78 bits per heavy atom. The highest BCUT2D eigenvalue weighted by molar-refractivity contribution is 4.85. The molecular weight excluding hydrogens is 224 g/mol. The molecule has 1 rings (SSSR count). The van der Waals surface area contributed by atoms with E-state index in [0.29, 0.717) is 11.5 Å². The molecule has 3 nitrogen and oxygen atoms in total. The molecule has 1 atom stereocenters. The van der Waals surface area contributed by atoms with E-state index in [1.807, 2.05) is 0 Å². The van der Waals surface area contributed by atoms with Crippen molar-refractivity contribution in [1.29, 1.82) is 0 Å². The van der Waals surface area contributed by atoms with E-state index in [4.69, 9.17) is 4.74 Å². The second kappa shape index (κ2) is 8.13. The van der Waals surface area contributed by atoms with Gasteiger partial charge >= 0.3 is 0 Å². The van der Waals surface area contributed by atoms with Gasteiger partial charge in [0.25, 0.3) is 0 Å². The highest BCUT2D eigenvalue weighted by Gasteiger charge is 2.31. The number of likely N-dealkylation sites (tertiary alicyclic amines) is 1. The molecule has 1 N–H and O–H groups in total. The molecule has 0 saturated carbocycles. The van der Waals surface area contributed by atoms with Crippen LogP contribution in [-0.4, -0.2) is 50.8 Å². The highest BCUT2D eigenvalue weighted by Crippen LogP contribution is 2.37. The Morgan fingerprint density at radius 3 is 2.22 bits per heavy atom. The highest BCUT2D eigenvalue weighted by atomic mass is 16.5. The smallest absolute Gasteiger partial charge is 0.0628 e. The SMILES string of the molecule is CCNC(COC)CN1CCC(CC)(CC)CC1. The molecular formula is C15H32N2O. The average Bonchev–Trinajstić information content (AvgIpc) is 2.41. The maximum absolute atomic E-state index is 5.29. The van der Waals surface area contributed by atoms with E-state index < -0.39 is 0 Å². The molecule has 0 aromatic carbocycles. The van der Waals surface area contributed by atoms with Crippen LogP contribution >= 0.6 is 0 Å². The van der Waals surface area contributed by atoms with Crippen LogP contribution < -0.4 is 5.32 Å². The minimum Gasteiger partial charge on any atom is -0.383 e. The normalized spacial score (nSPS) is 22.0. The number of methoxy groups -OCH3 is 1. The van der Waals surface area contributed by atoms with Crippen molar-refractivity contribution >= 4 is 0 Å². The summed E-state index contributed by atoms with van der Waals surface area (Å²) in [6.45, 7) is 12.4. The van der Waals surface area contributed by atoms with Crippen molar-refractivity contribution in [3.63, 3.8) is 0 Å². The molecule has 1 saturated heterocycles. The van der Waals surface area contributed by atoms with Crippen molar-refractivity contribution in [2.75, 3.05) is 39.9 Å². The zero-order valence-corrected chi connectivity index (χ0v) is 12.8. The Kier molecular flexibility index (Phi) is 7.20. The molecule has 1 aliphatic heterocycles.